The molecule has 0 saturated carbocycles. The van der Waals surface area contributed by atoms with E-state index in [-0.39, 0.29) is 30.2 Å². The highest BCUT2D eigenvalue weighted by molar-refractivity contribution is 6.06. The highest BCUT2D eigenvalue weighted by atomic mass is 19.1. The number of benzene rings is 1. The highest BCUT2D eigenvalue weighted by Crippen LogP contribution is 2.30. The van der Waals surface area contributed by atoms with Crippen LogP contribution in [0.1, 0.15) is 13.3 Å². The molecular weight excluding hydrogens is 394 g/mol. The lowest BCUT2D eigenvalue weighted by Crippen LogP contribution is -2.47. The summed E-state index contributed by atoms with van der Waals surface area (Å²) in [5, 5.41) is 2.92. The number of alkyl halides is 1. The molecule has 9 heteroatoms. The van der Waals surface area contributed by atoms with Crippen molar-refractivity contribution in [1.29, 1.82) is 0 Å². The second-order valence-corrected chi connectivity index (χ2v) is 7.71. The molecule has 2 saturated heterocycles. The minimum Gasteiger partial charge on any atom is -0.489 e. The maximum atomic E-state index is 13.7. The van der Waals surface area contributed by atoms with E-state index in [0.29, 0.717) is 37.5 Å². The van der Waals surface area contributed by atoms with Crippen molar-refractivity contribution in [2.75, 3.05) is 64.5 Å². The van der Waals surface area contributed by atoms with Gasteiger partial charge in [0, 0.05) is 38.8 Å². The Morgan fingerprint density at radius 3 is 2.50 bits per heavy atom. The SMILES string of the molecule is CNC1C(=O)N(CCCN2CCN(c3cc(F)ccc3OCCF)CC2)C(=O)C1C. The monoisotopic (exact) mass is 424 g/mol. The molecule has 0 aliphatic carbocycles. The van der Waals surface area contributed by atoms with Crippen molar-refractivity contribution in [3.05, 3.63) is 24.0 Å². The quantitative estimate of drug-likeness (QED) is 0.603. The van der Waals surface area contributed by atoms with Crippen LogP contribution in [0.3, 0.4) is 0 Å². The van der Waals surface area contributed by atoms with Crippen LogP contribution in [-0.4, -0.2) is 87.3 Å². The number of hydrogen-bond acceptors (Lipinski definition) is 6. The number of halogens is 2. The van der Waals surface area contributed by atoms with Crippen molar-refractivity contribution in [3.63, 3.8) is 0 Å². The third-order valence-electron chi connectivity index (χ3n) is 5.82. The van der Waals surface area contributed by atoms with Gasteiger partial charge in [0.15, 0.2) is 0 Å². The third kappa shape index (κ3) is 4.89. The van der Waals surface area contributed by atoms with Crippen LogP contribution < -0.4 is 15.0 Å². The number of rotatable bonds is 9. The molecule has 3 rings (SSSR count). The summed E-state index contributed by atoms with van der Waals surface area (Å²) < 4.78 is 31.6. The number of imide groups is 1. The molecule has 2 atom stereocenters. The topological polar surface area (TPSA) is 65.1 Å². The van der Waals surface area contributed by atoms with Gasteiger partial charge in [-0.3, -0.25) is 19.4 Å². The van der Waals surface area contributed by atoms with Crippen LogP contribution in [0.2, 0.25) is 0 Å². The van der Waals surface area contributed by atoms with Gasteiger partial charge in [-0.15, -0.1) is 0 Å². The van der Waals surface area contributed by atoms with E-state index in [4.69, 9.17) is 4.74 Å². The number of carbonyl (C=O) groups is 2. The molecule has 30 heavy (non-hydrogen) atoms. The Morgan fingerprint density at radius 1 is 1.13 bits per heavy atom. The first-order valence-electron chi connectivity index (χ1n) is 10.4. The summed E-state index contributed by atoms with van der Waals surface area (Å²) in [6.45, 7) is 5.25. The predicted octanol–water partition coefficient (Wildman–Crippen LogP) is 1.28. The number of anilines is 1. The third-order valence-corrected chi connectivity index (χ3v) is 5.82. The maximum absolute atomic E-state index is 13.7. The fourth-order valence-corrected chi connectivity index (χ4v) is 4.15. The average molecular weight is 424 g/mol. The number of likely N-dealkylation sites (tertiary alicyclic amines) is 1. The molecule has 1 N–H and O–H groups in total. The van der Waals surface area contributed by atoms with E-state index in [2.05, 4.69) is 10.2 Å². The lowest BCUT2D eigenvalue weighted by atomic mass is 10.1. The van der Waals surface area contributed by atoms with E-state index in [1.165, 1.54) is 23.1 Å². The Balaban J connectivity index is 1.48. The normalized spacial score (nSPS) is 22.8. The average Bonchev–Trinajstić information content (AvgIpc) is 2.96. The van der Waals surface area contributed by atoms with Crippen LogP contribution >= 0.6 is 0 Å². The summed E-state index contributed by atoms with van der Waals surface area (Å²) in [4.78, 5) is 30.3. The van der Waals surface area contributed by atoms with Gasteiger partial charge in [0.25, 0.3) is 0 Å². The number of likely N-dealkylation sites (N-methyl/N-ethyl adjacent to an activating group) is 1. The number of nitrogens with zero attached hydrogens (tertiary/aromatic N) is 3. The van der Waals surface area contributed by atoms with Gasteiger partial charge in [-0.1, -0.05) is 6.92 Å². The molecule has 2 amide bonds. The van der Waals surface area contributed by atoms with Crippen molar-refractivity contribution in [3.8, 4) is 5.75 Å². The molecule has 2 aliphatic heterocycles. The summed E-state index contributed by atoms with van der Waals surface area (Å²) >= 11 is 0. The van der Waals surface area contributed by atoms with E-state index in [0.717, 1.165) is 19.6 Å². The number of carbonyl (C=O) groups excluding carboxylic acids is 2. The molecule has 7 nitrogen and oxygen atoms in total. The van der Waals surface area contributed by atoms with Gasteiger partial charge in [0.2, 0.25) is 11.8 Å². The van der Waals surface area contributed by atoms with Crippen LogP contribution in [0.15, 0.2) is 18.2 Å². The molecule has 2 aliphatic rings. The highest BCUT2D eigenvalue weighted by Gasteiger charge is 2.43. The Labute approximate surface area is 175 Å². The summed E-state index contributed by atoms with van der Waals surface area (Å²) in [7, 11) is 1.70. The van der Waals surface area contributed by atoms with E-state index in [1.807, 2.05) is 4.90 Å². The standard InChI is InChI=1S/C21H30F2N4O3/c1-15-19(24-2)21(29)27(20(15)28)8-3-7-25-9-11-26(12-10-25)17-14-16(23)4-5-18(17)30-13-6-22/h4-5,14-15,19,24H,3,6-13H2,1-2H3. The number of amides is 2. The number of nitrogens with one attached hydrogen (secondary N) is 1. The van der Waals surface area contributed by atoms with Gasteiger partial charge >= 0.3 is 0 Å². The van der Waals surface area contributed by atoms with Gasteiger partial charge in [-0.05, 0) is 32.1 Å². The Morgan fingerprint density at radius 2 is 1.87 bits per heavy atom. The summed E-state index contributed by atoms with van der Waals surface area (Å²) in [5.74, 6) is -0.454. The molecule has 0 aromatic heterocycles. The largest absolute Gasteiger partial charge is 0.489 e. The Kier molecular flexibility index (Phi) is 7.60. The predicted molar refractivity (Wildman–Crippen MR) is 110 cm³/mol. The first-order valence-corrected chi connectivity index (χ1v) is 10.4. The number of piperazine rings is 1. The fourth-order valence-electron chi connectivity index (χ4n) is 4.15. The first-order chi connectivity index (χ1) is 14.5. The molecule has 0 bridgehead atoms. The molecule has 166 valence electrons. The van der Waals surface area contributed by atoms with Crippen molar-refractivity contribution >= 4 is 17.5 Å². The molecular formula is C21H30F2N4O3. The zero-order valence-electron chi connectivity index (χ0n) is 17.6. The lowest BCUT2D eigenvalue weighted by molar-refractivity contribution is -0.139. The van der Waals surface area contributed by atoms with Crippen molar-refractivity contribution in [2.45, 2.75) is 19.4 Å². The van der Waals surface area contributed by atoms with Crippen LogP contribution in [0.4, 0.5) is 14.5 Å². The van der Waals surface area contributed by atoms with Crippen LogP contribution in [0, 0.1) is 11.7 Å². The van der Waals surface area contributed by atoms with Crippen molar-refractivity contribution in [2.24, 2.45) is 5.92 Å². The Hall–Kier alpha value is -2.26. The fraction of sp³-hybridized carbons (Fsp3) is 0.619. The minimum atomic E-state index is -0.597. The van der Waals surface area contributed by atoms with Crippen LogP contribution in [0.5, 0.6) is 5.75 Å². The minimum absolute atomic E-state index is 0.0560. The molecule has 1 aromatic carbocycles. The second-order valence-electron chi connectivity index (χ2n) is 7.71. The number of hydrogen-bond donors (Lipinski definition) is 1. The summed E-state index contributed by atoms with van der Waals surface area (Å²) in [5.41, 5.74) is 0.642. The van der Waals surface area contributed by atoms with Gasteiger partial charge in [0.05, 0.1) is 17.6 Å². The zero-order valence-corrected chi connectivity index (χ0v) is 17.6. The van der Waals surface area contributed by atoms with Crippen LogP contribution in [-0.2, 0) is 9.59 Å². The summed E-state index contributed by atoms with van der Waals surface area (Å²) in [6.07, 6.45) is 0.714. The molecule has 0 spiro atoms. The molecule has 1 aromatic rings. The molecule has 2 unspecified atom stereocenters. The number of ether oxygens (including phenoxy) is 1. The van der Waals surface area contributed by atoms with E-state index in [9.17, 15) is 18.4 Å². The van der Waals surface area contributed by atoms with Crippen molar-refractivity contribution < 1.29 is 23.1 Å². The Bertz CT molecular complexity index is 756. The van der Waals surface area contributed by atoms with Crippen molar-refractivity contribution in [1.82, 2.24) is 15.1 Å². The van der Waals surface area contributed by atoms with Gasteiger partial charge < -0.3 is 15.0 Å². The smallest absolute Gasteiger partial charge is 0.247 e. The first kappa shape index (κ1) is 22.4. The van der Waals surface area contributed by atoms with Crippen LogP contribution in [0.25, 0.3) is 0 Å². The van der Waals surface area contributed by atoms with E-state index in [1.54, 1.807) is 14.0 Å². The zero-order chi connectivity index (χ0) is 21.7. The lowest BCUT2D eigenvalue weighted by Gasteiger charge is -2.36. The van der Waals surface area contributed by atoms with Gasteiger partial charge in [0.1, 0.15) is 24.8 Å². The summed E-state index contributed by atoms with van der Waals surface area (Å²) in [6, 6.07) is 3.85. The second kappa shape index (κ2) is 10.2. The molecule has 2 heterocycles. The van der Waals surface area contributed by atoms with E-state index < -0.39 is 12.7 Å². The van der Waals surface area contributed by atoms with E-state index >= 15 is 0 Å². The molecule has 2 fully saturated rings. The molecule has 0 radical (unpaired) electrons. The van der Waals surface area contributed by atoms with Gasteiger partial charge in [-0.25, -0.2) is 8.78 Å². The van der Waals surface area contributed by atoms with Gasteiger partial charge in [-0.2, -0.15) is 0 Å². The maximum Gasteiger partial charge on any atom is 0.247 e.